The third-order valence-electron chi connectivity index (χ3n) is 4.70. The highest BCUT2D eigenvalue weighted by Gasteiger charge is 2.21. The minimum absolute atomic E-state index is 0.106. The zero-order valence-electron chi connectivity index (χ0n) is 14.4. The number of rotatable bonds is 2. The fraction of sp³-hybridized carbons (Fsp3) is 0.250. The molecule has 0 bridgehead atoms. The van der Waals surface area contributed by atoms with Crippen molar-refractivity contribution in [1.29, 1.82) is 0 Å². The second kappa shape index (κ2) is 6.46. The average Bonchev–Trinajstić information content (AvgIpc) is 2.65. The molecule has 1 aromatic heterocycles. The highest BCUT2D eigenvalue weighted by atomic mass is 19.1. The molecule has 2 aromatic carbocycles. The summed E-state index contributed by atoms with van der Waals surface area (Å²) < 4.78 is 26.0. The number of nitrogens with zero attached hydrogens (tertiary/aromatic N) is 1. The van der Waals surface area contributed by atoms with Crippen molar-refractivity contribution in [2.24, 2.45) is 0 Å². The van der Waals surface area contributed by atoms with E-state index in [0.717, 1.165) is 0 Å². The number of fused-ring (bicyclic) bond motifs is 1. The van der Waals surface area contributed by atoms with Crippen LogP contribution >= 0.6 is 0 Å². The molecule has 0 unspecified atom stereocenters. The molecule has 5 nitrogen and oxygen atoms in total. The molecule has 0 atom stereocenters. The van der Waals surface area contributed by atoms with Crippen molar-refractivity contribution >= 4 is 22.5 Å². The Balaban J connectivity index is 1.97. The first-order valence-electron chi connectivity index (χ1n) is 8.51. The fourth-order valence-corrected chi connectivity index (χ4v) is 3.33. The van der Waals surface area contributed by atoms with E-state index >= 15 is 0 Å². The van der Waals surface area contributed by atoms with E-state index in [0.29, 0.717) is 65.5 Å². The zero-order chi connectivity index (χ0) is 18.3. The summed E-state index contributed by atoms with van der Waals surface area (Å²) in [5.74, 6) is 0.0720. The number of hydrogen-bond acceptors (Lipinski definition) is 5. The van der Waals surface area contributed by atoms with E-state index in [1.165, 1.54) is 6.07 Å². The molecule has 1 saturated heterocycles. The van der Waals surface area contributed by atoms with Crippen LogP contribution in [0, 0.1) is 12.7 Å². The predicted molar refractivity (Wildman–Crippen MR) is 100 cm³/mol. The molecule has 0 spiro atoms. The standard InChI is InChI=1S/C20H19FN2O3/c1-12-18(24)16-4-2-3-15(14-6-5-13(22)11-17(14)21)19(16)26-20(12)23-7-9-25-10-8-23/h2-6,11H,7-10,22H2,1H3. The minimum atomic E-state index is -0.450. The summed E-state index contributed by atoms with van der Waals surface area (Å²) in [6.07, 6.45) is 0. The summed E-state index contributed by atoms with van der Waals surface area (Å²) >= 11 is 0. The van der Waals surface area contributed by atoms with Gasteiger partial charge in [0.1, 0.15) is 11.4 Å². The molecule has 1 aliphatic heterocycles. The molecular formula is C20H19FN2O3. The molecule has 0 radical (unpaired) electrons. The van der Waals surface area contributed by atoms with Gasteiger partial charge in [0.25, 0.3) is 0 Å². The van der Waals surface area contributed by atoms with E-state index in [-0.39, 0.29) is 5.43 Å². The Hall–Kier alpha value is -2.86. The monoisotopic (exact) mass is 354 g/mol. The Labute approximate surface area is 149 Å². The van der Waals surface area contributed by atoms with Crippen molar-refractivity contribution in [1.82, 2.24) is 0 Å². The molecule has 0 amide bonds. The van der Waals surface area contributed by atoms with Crippen LogP contribution in [0.15, 0.2) is 45.6 Å². The van der Waals surface area contributed by atoms with Gasteiger partial charge >= 0.3 is 0 Å². The van der Waals surface area contributed by atoms with Crippen molar-refractivity contribution in [2.45, 2.75) is 6.92 Å². The molecule has 2 N–H and O–H groups in total. The molecule has 1 aliphatic rings. The van der Waals surface area contributed by atoms with Crippen molar-refractivity contribution in [3.05, 3.63) is 58.0 Å². The van der Waals surface area contributed by atoms with Crippen LogP contribution in [0.5, 0.6) is 0 Å². The maximum atomic E-state index is 14.5. The number of nitrogen functional groups attached to an aromatic ring is 1. The number of para-hydroxylation sites is 1. The van der Waals surface area contributed by atoms with Gasteiger partial charge in [0, 0.05) is 29.9 Å². The molecule has 1 fully saturated rings. The lowest BCUT2D eigenvalue weighted by Crippen LogP contribution is -2.37. The topological polar surface area (TPSA) is 68.7 Å². The summed E-state index contributed by atoms with van der Waals surface area (Å²) in [5.41, 5.74) is 7.71. The van der Waals surface area contributed by atoms with Gasteiger partial charge < -0.3 is 19.8 Å². The van der Waals surface area contributed by atoms with Gasteiger partial charge in [0.2, 0.25) is 5.88 Å². The van der Waals surface area contributed by atoms with Gasteiger partial charge in [-0.25, -0.2) is 4.39 Å². The van der Waals surface area contributed by atoms with Crippen molar-refractivity contribution in [3.8, 4) is 11.1 Å². The second-order valence-corrected chi connectivity index (χ2v) is 6.38. The average molecular weight is 354 g/mol. The second-order valence-electron chi connectivity index (χ2n) is 6.38. The Bertz CT molecular complexity index is 1040. The smallest absolute Gasteiger partial charge is 0.203 e. The predicted octanol–water partition coefficient (Wildman–Crippen LogP) is 3.33. The lowest BCUT2D eigenvalue weighted by molar-refractivity contribution is 0.120. The Morgan fingerprint density at radius 2 is 1.88 bits per heavy atom. The van der Waals surface area contributed by atoms with Crippen LogP contribution in [0.4, 0.5) is 16.0 Å². The highest BCUT2D eigenvalue weighted by molar-refractivity contribution is 5.93. The molecular weight excluding hydrogens is 335 g/mol. The van der Waals surface area contributed by atoms with Gasteiger partial charge in [-0.1, -0.05) is 12.1 Å². The molecule has 6 heteroatoms. The third kappa shape index (κ3) is 2.72. The molecule has 134 valence electrons. The quantitative estimate of drug-likeness (QED) is 0.715. The van der Waals surface area contributed by atoms with Crippen LogP contribution < -0.4 is 16.1 Å². The van der Waals surface area contributed by atoms with Crippen LogP contribution in [-0.4, -0.2) is 26.3 Å². The fourth-order valence-electron chi connectivity index (χ4n) is 3.33. The number of ether oxygens (including phenoxy) is 1. The van der Waals surface area contributed by atoms with Gasteiger partial charge in [0.05, 0.1) is 24.2 Å². The molecule has 26 heavy (non-hydrogen) atoms. The minimum Gasteiger partial charge on any atom is -0.439 e. The van der Waals surface area contributed by atoms with E-state index in [2.05, 4.69) is 0 Å². The summed E-state index contributed by atoms with van der Waals surface area (Å²) in [4.78, 5) is 14.9. The first-order chi connectivity index (χ1) is 12.6. The van der Waals surface area contributed by atoms with Gasteiger partial charge in [-0.15, -0.1) is 0 Å². The van der Waals surface area contributed by atoms with E-state index in [9.17, 15) is 9.18 Å². The third-order valence-corrected chi connectivity index (χ3v) is 4.70. The number of benzene rings is 2. The van der Waals surface area contributed by atoms with Crippen LogP contribution in [0.25, 0.3) is 22.1 Å². The molecule has 0 aliphatic carbocycles. The van der Waals surface area contributed by atoms with Crippen LogP contribution in [0.1, 0.15) is 5.56 Å². The molecule has 3 aromatic rings. The van der Waals surface area contributed by atoms with E-state index in [4.69, 9.17) is 14.9 Å². The number of hydrogen-bond donors (Lipinski definition) is 1. The van der Waals surface area contributed by atoms with Gasteiger partial charge in [-0.3, -0.25) is 4.79 Å². The van der Waals surface area contributed by atoms with Crippen molar-refractivity contribution in [2.75, 3.05) is 36.9 Å². The highest BCUT2D eigenvalue weighted by Crippen LogP contribution is 2.33. The molecule has 2 heterocycles. The lowest BCUT2D eigenvalue weighted by Gasteiger charge is -2.28. The van der Waals surface area contributed by atoms with Crippen molar-refractivity contribution in [3.63, 3.8) is 0 Å². The van der Waals surface area contributed by atoms with Crippen molar-refractivity contribution < 1.29 is 13.5 Å². The summed E-state index contributed by atoms with van der Waals surface area (Å²) in [6.45, 7) is 4.21. The molecule has 4 rings (SSSR count). The van der Waals surface area contributed by atoms with Gasteiger partial charge in [0.15, 0.2) is 5.43 Å². The summed E-state index contributed by atoms with van der Waals surface area (Å²) in [7, 11) is 0. The first kappa shape index (κ1) is 16.6. The molecule has 0 saturated carbocycles. The number of nitrogens with two attached hydrogens (primary N) is 1. The van der Waals surface area contributed by atoms with Gasteiger partial charge in [-0.2, -0.15) is 0 Å². The number of morpholine rings is 1. The largest absolute Gasteiger partial charge is 0.439 e. The zero-order valence-corrected chi connectivity index (χ0v) is 14.4. The summed E-state index contributed by atoms with van der Waals surface area (Å²) in [5, 5.41) is 0.438. The lowest BCUT2D eigenvalue weighted by atomic mass is 10.0. The van der Waals surface area contributed by atoms with Gasteiger partial charge in [-0.05, 0) is 31.2 Å². The van der Waals surface area contributed by atoms with Crippen LogP contribution in [0.2, 0.25) is 0 Å². The van der Waals surface area contributed by atoms with E-state index < -0.39 is 5.82 Å². The first-order valence-corrected chi connectivity index (χ1v) is 8.51. The SMILES string of the molecule is Cc1c(N2CCOCC2)oc2c(-c3ccc(N)cc3F)cccc2c1=O. The van der Waals surface area contributed by atoms with E-state index in [1.807, 2.05) is 4.90 Å². The number of anilines is 2. The van der Waals surface area contributed by atoms with E-state index in [1.54, 1.807) is 37.3 Å². The Kier molecular flexibility index (Phi) is 4.12. The van der Waals surface area contributed by atoms with Crippen LogP contribution in [-0.2, 0) is 4.74 Å². The van der Waals surface area contributed by atoms with Crippen LogP contribution in [0.3, 0.4) is 0 Å². The Morgan fingerprint density at radius 1 is 1.12 bits per heavy atom. The normalized spacial score (nSPS) is 14.8. The Morgan fingerprint density at radius 3 is 2.62 bits per heavy atom. The maximum Gasteiger partial charge on any atom is 0.203 e. The summed E-state index contributed by atoms with van der Waals surface area (Å²) in [6, 6.07) is 9.69. The maximum absolute atomic E-state index is 14.5. The number of halogens is 1.